The molecule has 0 aliphatic carbocycles. The second kappa shape index (κ2) is 10.0. The van der Waals surface area contributed by atoms with E-state index in [1.807, 2.05) is 30.3 Å². The molecule has 142 valence electrons. The Morgan fingerprint density at radius 2 is 1.78 bits per heavy atom. The van der Waals surface area contributed by atoms with Crippen molar-refractivity contribution < 1.29 is 23.8 Å². The van der Waals surface area contributed by atoms with Crippen LogP contribution in [0, 0.1) is 0 Å². The molecule has 0 aliphatic heterocycles. The molecule has 1 N–H and O–H groups in total. The molecule has 6 nitrogen and oxygen atoms in total. The van der Waals surface area contributed by atoms with Crippen LogP contribution in [0.25, 0.3) is 6.08 Å². The first kappa shape index (κ1) is 20.0. The maximum absolute atomic E-state index is 12.3. The minimum Gasteiger partial charge on any atom is -0.497 e. The maximum atomic E-state index is 12.3. The molecule has 0 spiro atoms. The molecule has 1 atom stereocenters. The molecule has 6 heteroatoms. The molecule has 0 saturated heterocycles. The molecule has 2 aromatic carbocycles. The van der Waals surface area contributed by atoms with Gasteiger partial charge in [0.15, 0.2) is 0 Å². The predicted octanol–water partition coefficient (Wildman–Crippen LogP) is 2.62. The summed E-state index contributed by atoms with van der Waals surface area (Å²) in [5.74, 6) is 0.340. The summed E-state index contributed by atoms with van der Waals surface area (Å²) < 4.78 is 15.3. The van der Waals surface area contributed by atoms with Gasteiger partial charge in [-0.1, -0.05) is 30.3 Å². The van der Waals surface area contributed by atoms with E-state index in [2.05, 4.69) is 5.32 Å². The average molecular weight is 369 g/mol. The van der Waals surface area contributed by atoms with E-state index in [0.29, 0.717) is 23.5 Å². The first-order chi connectivity index (χ1) is 13.1. The summed E-state index contributed by atoms with van der Waals surface area (Å²) in [6.45, 7) is 0. The van der Waals surface area contributed by atoms with Gasteiger partial charge >= 0.3 is 5.97 Å². The summed E-state index contributed by atoms with van der Waals surface area (Å²) in [6, 6.07) is 13.9. The molecular formula is C21H23NO5. The van der Waals surface area contributed by atoms with Gasteiger partial charge in [-0.3, -0.25) is 4.79 Å². The second-order valence-electron chi connectivity index (χ2n) is 5.72. The third-order valence-electron chi connectivity index (χ3n) is 3.94. The third-order valence-corrected chi connectivity index (χ3v) is 3.94. The van der Waals surface area contributed by atoms with Gasteiger partial charge in [0.05, 0.1) is 21.3 Å². The first-order valence-electron chi connectivity index (χ1n) is 8.39. The zero-order chi connectivity index (χ0) is 19.6. The van der Waals surface area contributed by atoms with E-state index in [1.165, 1.54) is 13.2 Å². The van der Waals surface area contributed by atoms with Gasteiger partial charge in [-0.15, -0.1) is 0 Å². The summed E-state index contributed by atoms with van der Waals surface area (Å²) >= 11 is 0. The lowest BCUT2D eigenvalue weighted by Crippen LogP contribution is -2.42. The standard InChI is InChI=1S/C21H23NO5/c1-25-17-10-11-19(26-2)16(14-17)9-12-20(23)22-18(21(24)27-3)13-15-7-5-4-6-8-15/h4-12,14,18H,13H2,1-3H3,(H,22,23)/b12-9+/t18-/m0/s1. The molecule has 0 heterocycles. The average Bonchev–Trinajstić information content (AvgIpc) is 2.71. The highest BCUT2D eigenvalue weighted by Crippen LogP contribution is 2.25. The molecule has 27 heavy (non-hydrogen) atoms. The smallest absolute Gasteiger partial charge is 0.328 e. The number of amides is 1. The fourth-order valence-electron chi connectivity index (χ4n) is 2.54. The van der Waals surface area contributed by atoms with Gasteiger partial charge in [0.25, 0.3) is 0 Å². The number of methoxy groups -OCH3 is 3. The van der Waals surface area contributed by atoms with Crippen LogP contribution in [0.4, 0.5) is 0 Å². The van der Waals surface area contributed by atoms with Gasteiger partial charge in [-0.2, -0.15) is 0 Å². The number of rotatable bonds is 8. The van der Waals surface area contributed by atoms with E-state index in [0.717, 1.165) is 5.56 Å². The Labute approximate surface area is 158 Å². The number of carbonyl (C=O) groups excluding carboxylic acids is 2. The van der Waals surface area contributed by atoms with Crippen molar-refractivity contribution in [2.75, 3.05) is 21.3 Å². The molecule has 0 fully saturated rings. The van der Waals surface area contributed by atoms with Crippen LogP contribution in [0.5, 0.6) is 11.5 Å². The van der Waals surface area contributed by atoms with Crippen LogP contribution < -0.4 is 14.8 Å². The lowest BCUT2D eigenvalue weighted by Gasteiger charge is -2.15. The maximum Gasteiger partial charge on any atom is 0.328 e. The highest BCUT2D eigenvalue weighted by molar-refractivity contribution is 5.95. The van der Waals surface area contributed by atoms with Crippen LogP contribution >= 0.6 is 0 Å². The van der Waals surface area contributed by atoms with Crippen LogP contribution in [0.1, 0.15) is 11.1 Å². The molecule has 1 amide bonds. The van der Waals surface area contributed by atoms with E-state index in [4.69, 9.17) is 14.2 Å². The number of carbonyl (C=O) groups is 2. The van der Waals surface area contributed by atoms with Crippen LogP contribution in [-0.4, -0.2) is 39.2 Å². The Morgan fingerprint density at radius 1 is 1.04 bits per heavy atom. The zero-order valence-electron chi connectivity index (χ0n) is 15.6. The SMILES string of the molecule is COC(=O)[C@H](Cc1ccccc1)NC(=O)/C=C/c1cc(OC)ccc1OC. The van der Waals surface area contributed by atoms with Gasteiger partial charge in [0.1, 0.15) is 17.5 Å². The number of hydrogen-bond acceptors (Lipinski definition) is 5. The summed E-state index contributed by atoms with van der Waals surface area (Å²) in [5, 5.41) is 2.68. The summed E-state index contributed by atoms with van der Waals surface area (Å²) in [4.78, 5) is 24.3. The summed E-state index contributed by atoms with van der Waals surface area (Å²) in [7, 11) is 4.41. The molecule has 0 aliphatic rings. The highest BCUT2D eigenvalue weighted by Gasteiger charge is 2.21. The lowest BCUT2D eigenvalue weighted by molar-refractivity contribution is -0.144. The van der Waals surface area contributed by atoms with Crippen molar-refractivity contribution in [1.82, 2.24) is 5.32 Å². The van der Waals surface area contributed by atoms with Crippen molar-refractivity contribution in [2.45, 2.75) is 12.5 Å². The van der Waals surface area contributed by atoms with Gasteiger partial charge in [0, 0.05) is 18.1 Å². The van der Waals surface area contributed by atoms with Crippen molar-refractivity contribution >= 4 is 18.0 Å². The summed E-state index contributed by atoms with van der Waals surface area (Å²) in [6.07, 6.45) is 3.29. The minimum absolute atomic E-state index is 0.343. The van der Waals surface area contributed by atoms with E-state index < -0.39 is 17.9 Å². The number of esters is 1. The van der Waals surface area contributed by atoms with Crippen LogP contribution in [0.15, 0.2) is 54.6 Å². The topological polar surface area (TPSA) is 73.9 Å². The minimum atomic E-state index is -0.776. The zero-order valence-corrected chi connectivity index (χ0v) is 15.6. The Bertz CT molecular complexity index is 801. The molecular weight excluding hydrogens is 346 g/mol. The quantitative estimate of drug-likeness (QED) is 0.572. The highest BCUT2D eigenvalue weighted by atomic mass is 16.5. The molecule has 2 rings (SSSR count). The van der Waals surface area contributed by atoms with Crippen molar-refractivity contribution in [3.63, 3.8) is 0 Å². The Morgan fingerprint density at radius 3 is 2.41 bits per heavy atom. The number of ether oxygens (including phenoxy) is 3. The van der Waals surface area contributed by atoms with Gasteiger partial charge < -0.3 is 19.5 Å². The lowest BCUT2D eigenvalue weighted by atomic mass is 10.1. The molecule has 0 aromatic heterocycles. The monoisotopic (exact) mass is 369 g/mol. The normalized spacial score (nSPS) is 11.7. The number of hydrogen-bond donors (Lipinski definition) is 1. The fraction of sp³-hybridized carbons (Fsp3) is 0.238. The Hall–Kier alpha value is -3.28. The first-order valence-corrected chi connectivity index (χ1v) is 8.39. The van der Waals surface area contributed by atoms with Gasteiger partial charge in [-0.05, 0) is 29.8 Å². The molecule has 0 unspecified atom stereocenters. The van der Waals surface area contributed by atoms with E-state index in [9.17, 15) is 9.59 Å². The van der Waals surface area contributed by atoms with Crippen molar-refractivity contribution in [1.29, 1.82) is 0 Å². The van der Waals surface area contributed by atoms with Crippen LogP contribution in [-0.2, 0) is 20.7 Å². The van der Waals surface area contributed by atoms with E-state index >= 15 is 0 Å². The number of benzene rings is 2. The van der Waals surface area contributed by atoms with Crippen LogP contribution in [0.3, 0.4) is 0 Å². The molecule has 0 radical (unpaired) electrons. The fourth-order valence-corrected chi connectivity index (χ4v) is 2.54. The Balaban J connectivity index is 2.11. The second-order valence-corrected chi connectivity index (χ2v) is 5.72. The van der Waals surface area contributed by atoms with E-state index in [-0.39, 0.29) is 0 Å². The van der Waals surface area contributed by atoms with Crippen molar-refractivity contribution in [2.24, 2.45) is 0 Å². The predicted molar refractivity (Wildman–Crippen MR) is 103 cm³/mol. The van der Waals surface area contributed by atoms with Crippen molar-refractivity contribution in [3.05, 3.63) is 65.7 Å². The molecule has 0 saturated carbocycles. The summed E-state index contributed by atoms with van der Waals surface area (Å²) in [5.41, 5.74) is 1.61. The number of nitrogens with one attached hydrogen (secondary N) is 1. The third kappa shape index (κ3) is 5.88. The van der Waals surface area contributed by atoms with Gasteiger partial charge in [0.2, 0.25) is 5.91 Å². The Kier molecular flexibility index (Phi) is 7.43. The molecule has 2 aromatic rings. The molecule has 0 bridgehead atoms. The largest absolute Gasteiger partial charge is 0.497 e. The van der Waals surface area contributed by atoms with Gasteiger partial charge in [-0.25, -0.2) is 4.79 Å². The van der Waals surface area contributed by atoms with Crippen LogP contribution in [0.2, 0.25) is 0 Å². The van der Waals surface area contributed by atoms with Crippen molar-refractivity contribution in [3.8, 4) is 11.5 Å². The van der Waals surface area contributed by atoms with E-state index in [1.54, 1.807) is 38.5 Å².